The Morgan fingerprint density at radius 3 is 2.50 bits per heavy atom. The lowest BCUT2D eigenvalue weighted by atomic mass is 10.1. The van der Waals surface area contributed by atoms with Crippen molar-refractivity contribution in [3.63, 3.8) is 0 Å². The van der Waals surface area contributed by atoms with E-state index in [1.807, 2.05) is 0 Å². The van der Waals surface area contributed by atoms with Crippen molar-refractivity contribution >= 4 is 23.3 Å². The smallest absolute Gasteiger partial charge is 0.311 e. The van der Waals surface area contributed by atoms with Crippen LogP contribution in [0, 0.1) is 5.92 Å². The minimum Gasteiger partial charge on any atom is -0.497 e. The van der Waals surface area contributed by atoms with Crippen LogP contribution in [0.2, 0.25) is 0 Å². The molecule has 0 aliphatic carbocycles. The number of esters is 1. The molecule has 0 spiro atoms. The number of anilines is 1. The van der Waals surface area contributed by atoms with E-state index in [9.17, 15) is 14.4 Å². The van der Waals surface area contributed by atoms with Crippen LogP contribution in [0.1, 0.15) is 16.8 Å². The van der Waals surface area contributed by atoms with E-state index in [0.717, 1.165) is 0 Å². The van der Waals surface area contributed by atoms with E-state index in [0.29, 0.717) is 22.7 Å². The van der Waals surface area contributed by atoms with Crippen molar-refractivity contribution in [3.8, 4) is 11.5 Å². The van der Waals surface area contributed by atoms with Gasteiger partial charge in [-0.2, -0.15) is 0 Å². The van der Waals surface area contributed by atoms with Gasteiger partial charge in [-0.3, -0.25) is 14.4 Å². The predicted molar refractivity (Wildman–Crippen MR) is 102 cm³/mol. The highest BCUT2D eigenvalue weighted by Gasteiger charge is 2.37. The van der Waals surface area contributed by atoms with Crippen LogP contribution in [0.15, 0.2) is 48.5 Å². The van der Waals surface area contributed by atoms with Crippen molar-refractivity contribution in [1.82, 2.24) is 0 Å². The molecule has 28 heavy (non-hydrogen) atoms. The number of ketones is 1. The molecule has 2 aromatic carbocycles. The number of amides is 1. The molecule has 0 radical (unpaired) electrons. The highest BCUT2D eigenvalue weighted by Crippen LogP contribution is 2.36. The Morgan fingerprint density at radius 1 is 1.07 bits per heavy atom. The number of benzene rings is 2. The first-order valence-electron chi connectivity index (χ1n) is 8.80. The Kier molecular flexibility index (Phi) is 5.93. The largest absolute Gasteiger partial charge is 0.497 e. The van der Waals surface area contributed by atoms with Crippen LogP contribution in [-0.4, -0.2) is 45.0 Å². The van der Waals surface area contributed by atoms with Gasteiger partial charge in [0.25, 0.3) is 0 Å². The van der Waals surface area contributed by atoms with E-state index in [4.69, 9.17) is 14.2 Å². The summed E-state index contributed by atoms with van der Waals surface area (Å²) in [5, 5.41) is 0. The second kappa shape index (κ2) is 8.56. The molecule has 1 saturated heterocycles. The monoisotopic (exact) mass is 383 g/mol. The molecule has 0 saturated carbocycles. The highest BCUT2D eigenvalue weighted by molar-refractivity contribution is 6.01. The van der Waals surface area contributed by atoms with Crippen LogP contribution in [0.4, 0.5) is 5.69 Å². The Balaban J connectivity index is 1.66. The zero-order chi connectivity index (χ0) is 20.1. The van der Waals surface area contributed by atoms with E-state index < -0.39 is 11.9 Å². The average Bonchev–Trinajstić information content (AvgIpc) is 3.13. The fraction of sp³-hybridized carbons (Fsp3) is 0.286. The van der Waals surface area contributed by atoms with E-state index >= 15 is 0 Å². The third kappa shape index (κ3) is 4.14. The maximum Gasteiger partial charge on any atom is 0.311 e. The molecule has 1 aliphatic heterocycles. The Bertz CT molecular complexity index is 880. The van der Waals surface area contributed by atoms with Gasteiger partial charge in [0.2, 0.25) is 5.91 Å². The number of carbonyl (C=O) groups excluding carboxylic acids is 3. The maximum atomic E-state index is 12.5. The van der Waals surface area contributed by atoms with Gasteiger partial charge in [0, 0.05) is 24.6 Å². The van der Waals surface area contributed by atoms with Gasteiger partial charge in [-0.1, -0.05) is 30.3 Å². The summed E-state index contributed by atoms with van der Waals surface area (Å²) in [6.45, 7) is -0.198. The molecule has 0 bridgehead atoms. The summed E-state index contributed by atoms with van der Waals surface area (Å²) in [6.07, 6.45) is 0.0126. The first kappa shape index (κ1) is 19.4. The third-order valence-corrected chi connectivity index (χ3v) is 4.58. The SMILES string of the molecule is COc1ccc(OC)c(N2C[C@@H](C(=O)OCC(=O)c3ccccc3)CC2=O)c1. The van der Waals surface area contributed by atoms with Crippen LogP contribution in [0.3, 0.4) is 0 Å². The van der Waals surface area contributed by atoms with E-state index in [-0.39, 0.29) is 31.3 Å². The molecule has 7 heteroatoms. The van der Waals surface area contributed by atoms with Gasteiger partial charge in [0.05, 0.1) is 25.8 Å². The minimum atomic E-state index is -0.646. The second-order valence-electron chi connectivity index (χ2n) is 6.34. The number of ether oxygens (including phenoxy) is 3. The molecule has 0 N–H and O–H groups in total. The van der Waals surface area contributed by atoms with Gasteiger partial charge in [-0.25, -0.2) is 0 Å². The van der Waals surface area contributed by atoms with Gasteiger partial charge in [0.1, 0.15) is 11.5 Å². The first-order valence-corrected chi connectivity index (χ1v) is 8.80. The molecule has 1 amide bonds. The summed E-state index contributed by atoms with van der Waals surface area (Å²) in [7, 11) is 3.04. The highest BCUT2D eigenvalue weighted by atomic mass is 16.5. The van der Waals surface area contributed by atoms with Crippen LogP contribution in [0.25, 0.3) is 0 Å². The number of hydrogen-bond donors (Lipinski definition) is 0. The predicted octanol–water partition coefficient (Wildman–Crippen LogP) is 2.48. The molecule has 7 nitrogen and oxygen atoms in total. The van der Waals surface area contributed by atoms with E-state index in [1.54, 1.807) is 48.5 Å². The molecular weight excluding hydrogens is 362 g/mol. The standard InChI is InChI=1S/C21H21NO6/c1-26-16-8-9-19(27-2)17(11-16)22-12-15(10-20(22)24)21(25)28-13-18(23)14-6-4-3-5-7-14/h3-9,11,15H,10,12-13H2,1-2H3/t15-/m0/s1. The molecule has 1 heterocycles. The van der Waals surface area contributed by atoms with Crippen LogP contribution >= 0.6 is 0 Å². The topological polar surface area (TPSA) is 82.1 Å². The van der Waals surface area contributed by atoms with Gasteiger partial charge >= 0.3 is 5.97 Å². The van der Waals surface area contributed by atoms with Crippen molar-refractivity contribution < 1.29 is 28.6 Å². The normalized spacial score (nSPS) is 16.0. The van der Waals surface area contributed by atoms with Gasteiger partial charge in [-0.15, -0.1) is 0 Å². The van der Waals surface area contributed by atoms with Crippen molar-refractivity contribution in [3.05, 3.63) is 54.1 Å². The lowest BCUT2D eigenvalue weighted by Crippen LogP contribution is -2.27. The summed E-state index contributed by atoms with van der Waals surface area (Å²) in [5.41, 5.74) is 1.00. The minimum absolute atomic E-state index is 0.0126. The maximum absolute atomic E-state index is 12.5. The summed E-state index contributed by atoms with van der Waals surface area (Å²) >= 11 is 0. The Hall–Kier alpha value is -3.35. The van der Waals surface area contributed by atoms with Crippen LogP contribution in [-0.2, 0) is 14.3 Å². The molecular formula is C21H21NO6. The van der Waals surface area contributed by atoms with Gasteiger partial charge in [0.15, 0.2) is 12.4 Å². The Labute approximate surface area is 162 Å². The lowest BCUT2D eigenvalue weighted by molar-refractivity contribution is -0.147. The molecule has 146 valence electrons. The van der Waals surface area contributed by atoms with E-state index in [2.05, 4.69) is 0 Å². The van der Waals surface area contributed by atoms with Crippen molar-refractivity contribution in [2.75, 3.05) is 32.3 Å². The first-order chi connectivity index (χ1) is 13.5. The quantitative estimate of drug-likeness (QED) is 0.540. The molecule has 1 aliphatic rings. The molecule has 3 rings (SSSR count). The second-order valence-corrected chi connectivity index (χ2v) is 6.34. The van der Waals surface area contributed by atoms with E-state index in [1.165, 1.54) is 19.1 Å². The van der Waals surface area contributed by atoms with Crippen molar-refractivity contribution in [2.45, 2.75) is 6.42 Å². The number of rotatable bonds is 7. The number of carbonyl (C=O) groups is 3. The average molecular weight is 383 g/mol. The number of nitrogens with zero attached hydrogens (tertiary/aromatic N) is 1. The van der Waals surface area contributed by atoms with Crippen LogP contribution in [0.5, 0.6) is 11.5 Å². The number of hydrogen-bond acceptors (Lipinski definition) is 6. The third-order valence-electron chi connectivity index (χ3n) is 4.58. The molecule has 2 aromatic rings. The molecule has 0 aromatic heterocycles. The Morgan fingerprint density at radius 2 is 1.82 bits per heavy atom. The molecule has 1 atom stereocenters. The van der Waals surface area contributed by atoms with Crippen molar-refractivity contribution in [2.24, 2.45) is 5.92 Å². The molecule has 0 unspecified atom stereocenters. The summed E-state index contributed by atoms with van der Waals surface area (Å²) in [5.74, 6) is -0.646. The number of methoxy groups -OCH3 is 2. The molecule has 1 fully saturated rings. The summed E-state index contributed by atoms with van der Waals surface area (Å²) < 4.78 is 15.7. The fourth-order valence-electron chi connectivity index (χ4n) is 3.07. The van der Waals surface area contributed by atoms with Gasteiger partial charge in [-0.05, 0) is 12.1 Å². The van der Waals surface area contributed by atoms with Crippen LogP contribution < -0.4 is 14.4 Å². The number of Topliss-reactive ketones (excluding diaryl/α,β-unsaturated/α-hetero) is 1. The van der Waals surface area contributed by atoms with Gasteiger partial charge < -0.3 is 19.1 Å². The lowest BCUT2D eigenvalue weighted by Gasteiger charge is -2.20. The zero-order valence-electron chi connectivity index (χ0n) is 15.7. The summed E-state index contributed by atoms with van der Waals surface area (Å²) in [6, 6.07) is 13.7. The zero-order valence-corrected chi connectivity index (χ0v) is 15.7. The van der Waals surface area contributed by atoms with Crippen molar-refractivity contribution in [1.29, 1.82) is 0 Å². The summed E-state index contributed by atoms with van der Waals surface area (Å²) in [4.78, 5) is 38.4. The fourth-order valence-corrected chi connectivity index (χ4v) is 3.07.